The summed E-state index contributed by atoms with van der Waals surface area (Å²) in [5.41, 5.74) is 0. The van der Waals surface area contributed by atoms with Gasteiger partial charge in [0, 0.05) is 12.6 Å². The van der Waals surface area contributed by atoms with Crippen LogP contribution in [0.25, 0.3) is 0 Å². The molecule has 2 unspecified atom stereocenters. The van der Waals surface area contributed by atoms with Gasteiger partial charge in [-0.15, -0.1) is 0 Å². The van der Waals surface area contributed by atoms with Gasteiger partial charge in [0.05, 0.1) is 0 Å². The van der Waals surface area contributed by atoms with Crippen LogP contribution in [0, 0.1) is 5.92 Å². The number of aliphatic hydroxyl groups is 1. The molecular formula is C12H27NO. The highest BCUT2D eigenvalue weighted by Gasteiger charge is 2.19. The Bertz CT molecular complexity index is 117. The highest BCUT2D eigenvalue weighted by atomic mass is 16.2. The van der Waals surface area contributed by atoms with Gasteiger partial charge in [0.1, 0.15) is 0 Å². The first-order valence-electron chi connectivity index (χ1n) is 6.10. The van der Waals surface area contributed by atoms with E-state index in [0.29, 0.717) is 0 Å². The third-order valence-corrected chi connectivity index (χ3v) is 2.77. The quantitative estimate of drug-likeness (QED) is 0.735. The molecule has 1 saturated carbocycles. The molecule has 2 N–H and O–H groups in total. The minimum atomic E-state index is 0.250. The van der Waals surface area contributed by atoms with E-state index in [0.717, 1.165) is 12.0 Å². The Morgan fingerprint density at radius 2 is 1.79 bits per heavy atom. The molecule has 1 aliphatic rings. The van der Waals surface area contributed by atoms with Gasteiger partial charge in [-0.1, -0.05) is 26.7 Å². The molecule has 0 aliphatic heterocycles. The highest BCUT2D eigenvalue weighted by Crippen LogP contribution is 2.23. The van der Waals surface area contributed by atoms with Crippen LogP contribution in [0.4, 0.5) is 0 Å². The minimum absolute atomic E-state index is 0.250. The molecule has 0 heterocycles. The lowest BCUT2D eigenvalue weighted by Gasteiger charge is -2.29. The summed E-state index contributed by atoms with van der Waals surface area (Å²) in [7, 11) is 0. The highest BCUT2D eigenvalue weighted by molar-refractivity contribution is 4.77. The smallest absolute Gasteiger partial charge is 0.0402 e. The average Bonchev–Trinajstić information content (AvgIpc) is 2.18. The number of hydrogen-bond donors (Lipinski definition) is 2. The lowest BCUT2D eigenvalue weighted by atomic mass is 9.86. The second-order valence-corrected chi connectivity index (χ2v) is 4.14. The molecule has 0 aromatic rings. The molecular weight excluding hydrogens is 174 g/mol. The van der Waals surface area contributed by atoms with Crippen LogP contribution in [0.1, 0.15) is 52.9 Å². The maximum absolute atomic E-state index is 7.57. The van der Waals surface area contributed by atoms with Gasteiger partial charge < -0.3 is 10.4 Å². The monoisotopic (exact) mass is 201 g/mol. The molecule has 0 aromatic heterocycles. The summed E-state index contributed by atoms with van der Waals surface area (Å²) in [6, 6.07) is 0.823. The predicted octanol–water partition coefficient (Wildman–Crippen LogP) is 2.56. The SMILES string of the molecule is CCCNC1CCCCC1C.CCO. The molecule has 1 rings (SSSR count). The van der Waals surface area contributed by atoms with E-state index in [1.54, 1.807) is 6.92 Å². The molecule has 2 atom stereocenters. The van der Waals surface area contributed by atoms with E-state index in [1.807, 2.05) is 0 Å². The zero-order valence-electron chi connectivity index (χ0n) is 10.1. The summed E-state index contributed by atoms with van der Waals surface area (Å²) >= 11 is 0. The second-order valence-electron chi connectivity index (χ2n) is 4.14. The summed E-state index contributed by atoms with van der Waals surface area (Å²) in [6.45, 7) is 7.75. The van der Waals surface area contributed by atoms with Crippen molar-refractivity contribution >= 4 is 0 Å². The zero-order valence-corrected chi connectivity index (χ0v) is 10.1. The maximum Gasteiger partial charge on any atom is 0.0402 e. The van der Waals surface area contributed by atoms with Gasteiger partial charge in [0.25, 0.3) is 0 Å². The minimum Gasteiger partial charge on any atom is -0.397 e. The lowest BCUT2D eigenvalue weighted by Crippen LogP contribution is -2.37. The van der Waals surface area contributed by atoms with E-state index in [-0.39, 0.29) is 6.61 Å². The first-order chi connectivity index (χ1) is 6.76. The van der Waals surface area contributed by atoms with Crippen molar-refractivity contribution in [3.05, 3.63) is 0 Å². The van der Waals surface area contributed by atoms with Gasteiger partial charge in [-0.05, 0) is 38.6 Å². The van der Waals surface area contributed by atoms with E-state index in [4.69, 9.17) is 5.11 Å². The predicted molar refractivity (Wildman–Crippen MR) is 62.5 cm³/mol. The number of hydrogen-bond acceptors (Lipinski definition) is 2. The van der Waals surface area contributed by atoms with Crippen molar-refractivity contribution in [3.8, 4) is 0 Å². The van der Waals surface area contributed by atoms with Crippen LogP contribution in [-0.2, 0) is 0 Å². The summed E-state index contributed by atoms with van der Waals surface area (Å²) in [5, 5.41) is 11.2. The van der Waals surface area contributed by atoms with Crippen molar-refractivity contribution in [2.75, 3.05) is 13.2 Å². The van der Waals surface area contributed by atoms with Gasteiger partial charge in [-0.3, -0.25) is 0 Å². The largest absolute Gasteiger partial charge is 0.397 e. The van der Waals surface area contributed by atoms with E-state index >= 15 is 0 Å². The average molecular weight is 201 g/mol. The summed E-state index contributed by atoms with van der Waals surface area (Å²) < 4.78 is 0. The van der Waals surface area contributed by atoms with Crippen LogP contribution in [0.2, 0.25) is 0 Å². The van der Waals surface area contributed by atoms with Crippen LogP contribution in [0.3, 0.4) is 0 Å². The first-order valence-corrected chi connectivity index (χ1v) is 6.10. The third-order valence-electron chi connectivity index (χ3n) is 2.77. The van der Waals surface area contributed by atoms with Gasteiger partial charge in [0.2, 0.25) is 0 Å². The Balaban J connectivity index is 0.000000500. The van der Waals surface area contributed by atoms with Gasteiger partial charge in [-0.2, -0.15) is 0 Å². The molecule has 0 bridgehead atoms. The Morgan fingerprint density at radius 3 is 2.29 bits per heavy atom. The lowest BCUT2D eigenvalue weighted by molar-refractivity contribution is 0.281. The van der Waals surface area contributed by atoms with Crippen LogP contribution in [-0.4, -0.2) is 24.3 Å². The fourth-order valence-corrected chi connectivity index (χ4v) is 1.95. The van der Waals surface area contributed by atoms with Gasteiger partial charge >= 0.3 is 0 Å². The van der Waals surface area contributed by atoms with Crippen LogP contribution in [0.15, 0.2) is 0 Å². The third kappa shape index (κ3) is 6.39. The van der Waals surface area contributed by atoms with Crippen molar-refractivity contribution in [2.24, 2.45) is 5.92 Å². The molecule has 0 aromatic carbocycles. The molecule has 14 heavy (non-hydrogen) atoms. The van der Waals surface area contributed by atoms with Crippen LogP contribution >= 0.6 is 0 Å². The van der Waals surface area contributed by atoms with Crippen molar-refractivity contribution in [1.29, 1.82) is 0 Å². The maximum atomic E-state index is 7.57. The van der Waals surface area contributed by atoms with Crippen molar-refractivity contribution in [1.82, 2.24) is 5.32 Å². The zero-order chi connectivity index (χ0) is 10.8. The summed E-state index contributed by atoms with van der Waals surface area (Å²) in [5.74, 6) is 0.912. The standard InChI is InChI=1S/C10H21N.C2H6O/c1-3-8-11-10-7-5-4-6-9(10)2;1-2-3/h9-11H,3-8H2,1-2H3;3H,2H2,1H3. The van der Waals surface area contributed by atoms with Gasteiger partial charge in [-0.25, -0.2) is 0 Å². The fraction of sp³-hybridized carbons (Fsp3) is 1.00. The Morgan fingerprint density at radius 1 is 1.21 bits per heavy atom. The van der Waals surface area contributed by atoms with E-state index < -0.39 is 0 Å². The van der Waals surface area contributed by atoms with Gasteiger partial charge in [0.15, 0.2) is 0 Å². The fourth-order valence-electron chi connectivity index (χ4n) is 1.95. The van der Waals surface area contributed by atoms with Crippen molar-refractivity contribution < 1.29 is 5.11 Å². The number of rotatable bonds is 3. The van der Waals surface area contributed by atoms with E-state index in [1.165, 1.54) is 38.6 Å². The van der Waals surface area contributed by atoms with Crippen LogP contribution < -0.4 is 5.32 Å². The molecule has 0 amide bonds. The molecule has 0 radical (unpaired) electrons. The molecule has 0 spiro atoms. The molecule has 2 nitrogen and oxygen atoms in total. The number of nitrogens with one attached hydrogen (secondary N) is 1. The Kier molecular flexibility index (Phi) is 9.42. The normalized spacial score (nSPS) is 26.6. The van der Waals surface area contributed by atoms with E-state index in [2.05, 4.69) is 19.2 Å². The molecule has 1 fully saturated rings. The first kappa shape index (κ1) is 13.9. The Labute approximate surface area is 89.1 Å². The summed E-state index contributed by atoms with van der Waals surface area (Å²) in [4.78, 5) is 0. The molecule has 1 aliphatic carbocycles. The van der Waals surface area contributed by atoms with E-state index in [9.17, 15) is 0 Å². The van der Waals surface area contributed by atoms with Crippen molar-refractivity contribution in [2.45, 2.75) is 58.9 Å². The topological polar surface area (TPSA) is 32.3 Å². The molecule has 0 saturated heterocycles. The molecule has 2 heteroatoms. The molecule has 86 valence electrons. The summed E-state index contributed by atoms with van der Waals surface area (Å²) in [6.07, 6.45) is 6.99. The van der Waals surface area contributed by atoms with Crippen molar-refractivity contribution in [3.63, 3.8) is 0 Å². The van der Waals surface area contributed by atoms with Crippen LogP contribution in [0.5, 0.6) is 0 Å². The Hall–Kier alpha value is -0.0800. The second kappa shape index (κ2) is 9.47. The number of aliphatic hydroxyl groups excluding tert-OH is 1.